The third-order valence-electron chi connectivity index (χ3n) is 8.94. The molecule has 4 amide bonds. The minimum Gasteiger partial charge on any atom is -0.497 e. The Hall–Kier alpha value is -5.17. The van der Waals surface area contributed by atoms with Crippen LogP contribution < -0.4 is 25.1 Å². The molecule has 13 heteroatoms. The predicted molar refractivity (Wildman–Crippen MR) is 200 cm³/mol. The van der Waals surface area contributed by atoms with Crippen molar-refractivity contribution in [1.29, 1.82) is 0 Å². The average Bonchev–Trinajstić information content (AvgIpc) is 3.55. The minimum atomic E-state index is -1.03. The summed E-state index contributed by atoms with van der Waals surface area (Å²) in [6.45, 7) is 7.30. The molecular weight excluding hydrogens is 678 g/mol. The molecule has 3 aromatic rings. The Labute approximate surface area is 311 Å². The van der Waals surface area contributed by atoms with Crippen LogP contribution in [0.1, 0.15) is 72.6 Å². The van der Waals surface area contributed by atoms with E-state index in [2.05, 4.69) is 16.8 Å². The van der Waals surface area contributed by atoms with E-state index < -0.39 is 47.8 Å². The van der Waals surface area contributed by atoms with Crippen molar-refractivity contribution in [3.05, 3.63) is 66.7 Å². The van der Waals surface area contributed by atoms with E-state index in [1.54, 1.807) is 34.8 Å². The second kappa shape index (κ2) is 18.0. The number of esters is 1. The summed E-state index contributed by atoms with van der Waals surface area (Å²) in [5, 5.41) is 4.81. The van der Waals surface area contributed by atoms with Gasteiger partial charge in [0, 0.05) is 29.6 Å². The first-order valence-electron chi connectivity index (χ1n) is 18.4. The second-order valence-electron chi connectivity index (χ2n) is 14.2. The molecule has 0 saturated carbocycles. The van der Waals surface area contributed by atoms with Gasteiger partial charge in [-0.15, -0.1) is 0 Å². The SMILES string of the molecule is CCOC(=O)C1CCC=CCCCCCN(NC(=O)OC(C)(C)C)C(=O)[N+]2CC(Oc3cc(-c4ccccc4)nc4cc(OC)ccc34)CC2C(=O)N1. The number of allylic oxidation sites excluding steroid dienone is 2. The first-order chi connectivity index (χ1) is 25.5. The normalized spacial score (nSPS) is 20.7. The number of urea groups is 1. The van der Waals surface area contributed by atoms with E-state index in [1.165, 1.54) is 9.91 Å². The number of rotatable bonds is 7. The molecule has 2 aliphatic rings. The van der Waals surface area contributed by atoms with Crippen LogP contribution in [0.5, 0.6) is 11.5 Å². The van der Waals surface area contributed by atoms with Gasteiger partial charge in [0.2, 0.25) is 6.04 Å². The van der Waals surface area contributed by atoms with Gasteiger partial charge in [-0.2, -0.15) is 9.80 Å². The van der Waals surface area contributed by atoms with E-state index in [1.807, 2.05) is 60.7 Å². The number of nitrogens with zero attached hydrogens (tertiary/aromatic N) is 3. The number of methoxy groups -OCH3 is 1. The molecular formula is C40H51N5O8+. The number of carbonyl (C=O) groups excluding carboxylic acids is 4. The standard InChI is InChI=1S/C40H51N5O8/c1-6-51-37(47)31-19-15-10-8-7-9-11-16-22-45(43-38(48)53-40(2,3)4)39(49)44-26-29(24-34(44)36(46)42-31)52-35-25-32(27-17-13-12-14-18-27)41-33-23-28(50-5)20-21-30(33)35/h8,10,12-14,17-18,20-21,23,25,29,31,34H,6-7,9,11,15-16,19,22,24,26H2,1-5H3,(H,42,46)(H,43,48)/q+1. The lowest BCUT2D eigenvalue weighted by Crippen LogP contribution is -2.60. The molecule has 1 radical (unpaired) electrons. The highest BCUT2D eigenvalue weighted by atomic mass is 16.6. The van der Waals surface area contributed by atoms with Crippen molar-refractivity contribution in [3.8, 4) is 22.8 Å². The Morgan fingerprint density at radius 3 is 2.53 bits per heavy atom. The summed E-state index contributed by atoms with van der Waals surface area (Å²) in [5.74, 6) is 0.0906. The van der Waals surface area contributed by atoms with Crippen molar-refractivity contribution >= 4 is 34.9 Å². The molecule has 0 aliphatic carbocycles. The fourth-order valence-electron chi connectivity index (χ4n) is 6.41. The average molecular weight is 730 g/mol. The molecule has 0 spiro atoms. The van der Waals surface area contributed by atoms with Crippen LogP contribution in [0.15, 0.2) is 66.7 Å². The first kappa shape index (κ1) is 39.0. The monoisotopic (exact) mass is 729 g/mol. The van der Waals surface area contributed by atoms with E-state index in [4.69, 9.17) is 23.9 Å². The number of ether oxygens (including phenoxy) is 4. The summed E-state index contributed by atoms with van der Waals surface area (Å²) >= 11 is 0. The maximum absolute atomic E-state index is 14.4. The molecule has 53 heavy (non-hydrogen) atoms. The van der Waals surface area contributed by atoms with Crippen molar-refractivity contribution < 1.29 is 38.1 Å². The number of hydrogen-bond acceptors (Lipinski definition) is 9. The Kier molecular flexibility index (Phi) is 13.3. The van der Waals surface area contributed by atoms with Crippen molar-refractivity contribution in [2.45, 2.75) is 96.4 Å². The maximum Gasteiger partial charge on any atom is 0.486 e. The van der Waals surface area contributed by atoms with Crippen LogP contribution in [-0.2, 0) is 19.1 Å². The van der Waals surface area contributed by atoms with Gasteiger partial charge in [-0.05, 0) is 71.9 Å². The molecule has 3 heterocycles. The van der Waals surface area contributed by atoms with Gasteiger partial charge in [-0.25, -0.2) is 20.0 Å². The zero-order valence-electron chi connectivity index (χ0n) is 31.3. The zero-order chi connectivity index (χ0) is 38.0. The summed E-state index contributed by atoms with van der Waals surface area (Å²) < 4.78 is 23.0. The smallest absolute Gasteiger partial charge is 0.486 e. The van der Waals surface area contributed by atoms with E-state index in [0.717, 1.165) is 30.2 Å². The molecule has 5 rings (SSSR count). The summed E-state index contributed by atoms with van der Waals surface area (Å²) in [6, 6.07) is 14.5. The predicted octanol–water partition coefficient (Wildman–Crippen LogP) is 6.39. The number of fused-ring (bicyclic) bond motifs is 2. The largest absolute Gasteiger partial charge is 0.497 e. The van der Waals surface area contributed by atoms with Gasteiger partial charge in [-0.1, -0.05) is 53.8 Å². The molecule has 2 N–H and O–H groups in total. The van der Waals surface area contributed by atoms with Crippen molar-refractivity contribution in [3.63, 3.8) is 0 Å². The highest BCUT2D eigenvalue weighted by Crippen LogP contribution is 2.34. The van der Waals surface area contributed by atoms with Crippen molar-refractivity contribution in [2.75, 3.05) is 26.8 Å². The lowest BCUT2D eigenvalue weighted by atomic mass is 10.1. The number of pyridine rings is 1. The van der Waals surface area contributed by atoms with E-state index in [9.17, 15) is 19.2 Å². The number of nitrogens with one attached hydrogen (secondary N) is 2. The summed E-state index contributed by atoms with van der Waals surface area (Å²) in [5.41, 5.74) is 4.04. The number of carbonyl (C=O) groups is 4. The van der Waals surface area contributed by atoms with E-state index in [-0.39, 0.29) is 26.1 Å². The molecule has 0 bridgehead atoms. The van der Waals surface area contributed by atoms with Gasteiger partial charge in [0.1, 0.15) is 23.1 Å². The van der Waals surface area contributed by atoms with Crippen LogP contribution in [-0.4, -0.2) is 84.6 Å². The van der Waals surface area contributed by atoms with Crippen LogP contribution in [0.4, 0.5) is 9.59 Å². The first-order valence-corrected chi connectivity index (χ1v) is 18.4. The number of amides is 4. The number of aromatic nitrogens is 1. The Morgan fingerprint density at radius 2 is 1.79 bits per heavy atom. The fraction of sp³-hybridized carbons (Fsp3) is 0.475. The highest BCUT2D eigenvalue weighted by Gasteiger charge is 2.53. The maximum atomic E-state index is 14.4. The minimum absolute atomic E-state index is 0.0247. The van der Waals surface area contributed by atoms with Gasteiger partial charge < -0.3 is 24.3 Å². The number of hydrogen-bond donors (Lipinski definition) is 2. The topological polar surface area (TPSA) is 151 Å². The van der Waals surface area contributed by atoms with Crippen molar-refractivity contribution in [1.82, 2.24) is 25.6 Å². The van der Waals surface area contributed by atoms with Crippen LogP contribution in [0.25, 0.3) is 22.2 Å². The van der Waals surface area contributed by atoms with Gasteiger partial charge >= 0.3 is 18.1 Å². The Balaban J connectivity index is 1.50. The van der Waals surface area contributed by atoms with Crippen LogP contribution in [0.3, 0.4) is 0 Å². The van der Waals surface area contributed by atoms with Crippen LogP contribution in [0.2, 0.25) is 0 Å². The van der Waals surface area contributed by atoms with Crippen LogP contribution >= 0.6 is 0 Å². The lowest BCUT2D eigenvalue weighted by Gasteiger charge is -2.26. The van der Waals surface area contributed by atoms with Crippen LogP contribution in [0, 0.1) is 0 Å². The second-order valence-corrected chi connectivity index (χ2v) is 14.2. The van der Waals surface area contributed by atoms with Gasteiger partial charge in [0.25, 0.3) is 5.91 Å². The molecule has 2 aliphatic heterocycles. The molecule has 2 aromatic carbocycles. The third-order valence-corrected chi connectivity index (χ3v) is 8.94. The van der Waals surface area contributed by atoms with Gasteiger partial charge in [-0.3, -0.25) is 4.79 Å². The molecule has 3 atom stereocenters. The molecule has 283 valence electrons. The number of benzene rings is 2. The Bertz CT molecular complexity index is 1780. The van der Waals surface area contributed by atoms with Gasteiger partial charge in [0.05, 0.1) is 31.3 Å². The van der Waals surface area contributed by atoms with E-state index >= 15 is 0 Å². The number of hydrazine groups is 1. The molecule has 3 unspecified atom stereocenters. The van der Waals surface area contributed by atoms with Gasteiger partial charge in [0.15, 0.2) is 12.6 Å². The zero-order valence-corrected chi connectivity index (χ0v) is 31.3. The van der Waals surface area contributed by atoms with Crippen molar-refractivity contribution in [2.24, 2.45) is 0 Å². The fourth-order valence-corrected chi connectivity index (χ4v) is 6.41. The summed E-state index contributed by atoms with van der Waals surface area (Å²) in [6.07, 6.45) is 6.77. The molecule has 1 aromatic heterocycles. The molecule has 1 fully saturated rings. The summed E-state index contributed by atoms with van der Waals surface area (Å²) in [4.78, 5) is 60.8. The van der Waals surface area contributed by atoms with E-state index in [0.29, 0.717) is 42.0 Å². The summed E-state index contributed by atoms with van der Waals surface area (Å²) in [7, 11) is 1.59. The third kappa shape index (κ3) is 10.7. The Morgan fingerprint density at radius 1 is 1.02 bits per heavy atom. The lowest BCUT2D eigenvalue weighted by molar-refractivity contribution is -0.147. The highest BCUT2D eigenvalue weighted by molar-refractivity contribution is 5.93. The quantitative estimate of drug-likeness (QED) is 0.160. The molecule has 13 nitrogen and oxygen atoms in total. The molecule has 1 saturated heterocycles.